The first-order valence-corrected chi connectivity index (χ1v) is 12.2. The maximum Gasteiger partial charge on any atom is 0.416 e. The Balaban J connectivity index is 1.73. The molecule has 1 atom stereocenters. The number of alkyl halides is 3. The second-order valence-corrected chi connectivity index (χ2v) is 9.46. The van der Waals surface area contributed by atoms with Gasteiger partial charge in [-0.25, -0.2) is 0 Å². The lowest BCUT2D eigenvalue weighted by atomic mass is 10.1. The summed E-state index contributed by atoms with van der Waals surface area (Å²) in [5, 5.41) is 0. The summed E-state index contributed by atoms with van der Waals surface area (Å²) in [7, 11) is 1.99. The third-order valence-corrected chi connectivity index (χ3v) is 7.12. The van der Waals surface area contributed by atoms with E-state index in [9.17, 15) is 18.0 Å². The number of aryl methyl sites for hydroxylation is 1. The first-order chi connectivity index (χ1) is 16.3. The van der Waals surface area contributed by atoms with E-state index in [-0.39, 0.29) is 17.4 Å². The lowest BCUT2D eigenvalue weighted by Gasteiger charge is -2.20. The van der Waals surface area contributed by atoms with E-state index < -0.39 is 17.6 Å². The number of likely N-dealkylation sites (N-methyl/N-ethyl adjacent to an activating group) is 1. The van der Waals surface area contributed by atoms with E-state index >= 15 is 0 Å². The lowest BCUT2D eigenvalue weighted by Crippen LogP contribution is -2.30. The third kappa shape index (κ3) is 5.33. The van der Waals surface area contributed by atoms with Crippen LogP contribution >= 0.6 is 11.3 Å². The average molecular weight is 493 g/mol. The Hall–Kier alpha value is -2.72. The zero-order chi connectivity index (χ0) is 24.3. The number of halogens is 3. The summed E-state index contributed by atoms with van der Waals surface area (Å²) in [6.07, 6.45) is 2.59. The number of hydrogen-bond donors (Lipinski definition) is 0. The maximum atomic E-state index is 13.4. The van der Waals surface area contributed by atoms with Gasteiger partial charge in [-0.2, -0.15) is 18.2 Å². The number of hydrogen-bond acceptors (Lipinski definition) is 5. The minimum absolute atomic E-state index is 0.116. The van der Waals surface area contributed by atoms with Gasteiger partial charge >= 0.3 is 6.18 Å². The fourth-order valence-corrected chi connectivity index (χ4v) is 5.08. The Morgan fingerprint density at radius 3 is 2.85 bits per heavy atom. The van der Waals surface area contributed by atoms with Crippen molar-refractivity contribution in [3.63, 3.8) is 0 Å². The van der Waals surface area contributed by atoms with Crippen LogP contribution in [0, 0.1) is 0 Å². The van der Waals surface area contributed by atoms with Crippen LogP contribution < -0.4 is 9.54 Å². The quantitative estimate of drug-likeness (QED) is 0.459. The molecule has 3 aromatic rings. The maximum absolute atomic E-state index is 13.4. The Labute approximate surface area is 199 Å². The number of likely N-dealkylation sites (tertiary alicyclic amines) is 1. The zero-order valence-electron chi connectivity index (χ0n) is 19.1. The second-order valence-electron chi connectivity index (χ2n) is 8.45. The van der Waals surface area contributed by atoms with Crippen molar-refractivity contribution in [1.82, 2.24) is 14.5 Å². The van der Waals surface area contributed by atoms with Crippen LogP contribution in [0.1, 0.15) is 48.5 Å². The molecule has 0 aliphatic carbocycles. The van der Waals surface area contributed by atoms with Gasteiger partial charge < -0.3 is 14.2 Å². The van der Waals surface area contributed by atoms with Crippen LogP contribution in [0.25, 0.3) is 10.2 Å². The molecular formula is C24H27F3N4O2S. The number of carbonyl (C=O) groups excluding carboxylic acids is 1. The molecule has 182 valence electrons. The van der Waals surface area contributed by atoms with Crippen LogP contribution in [0.3, 0.4) is 0 Å². The molecule has 0 spiro atoms. The molecule has 1 aliphatic heterocycles. The number of ether oxygens (including phenoxy) is 1. The minimum Gasteiger partial charge on any atom is -0.491 e. The van der Waals surface area contributed by atoms with Crippen molar-refractivity contribution in [2.75, 3.05) is 20.2 Å². The summed E-state index contributed by atoms with van der Waals surface area (Å²) in [6, 6.07) is 5.00. The van der Waals surface area contributed by atoms with Crippen molar-refractivity contribution in [1.29, 1.82) is 0 Å². The molecule has 1 fully saturated rings. The molecule has 0 saturated carbocycles. The van der Waals surface area contributed by atoms with Gasteiger partial charge in [0.05, 0.1) is 27.5 Å². The normalized spacial score (nSPS) is 17.6. The molecule has 3 heterocycles. The Morgan fingerprint density at radius 2 is 2.15 bits per heavy atom. The molecule has 1 aliphatic rings. The number of aromatic nitrogens is 2. The van der Waals surface area contributed by atoms with Gasteiger partial charge in [0.25, 0.3) is 5.91 Å². The van der Waals surface area contributed by atoms with E-state index in [1.165, 1.54) is 17.4 Å². The minimum atomic E-state index is -4.58. The number of rotatable bonds is 7. The van der Waals surface area contributed by atoms with E-state index in [4.69, 9.17) is 4.74 Å². The van der Waals surface area contributed by atoms with Gasteiger partial charge in [-0.05, 0) is 57.1 Å². The monoisotopic (exact) mass is 492 g/mol. The molecule has 0 radical (unpaired) electrons. The van der Waals surface area contributed by atoms with Crippen molar-refractivity contribution in [3.05, 3.63) is 52.6 Å². The molecule has 0 N–H and O–H groups in total. The van der Waals surface area contributed by atoms with Crippen molar-refractivity contribution in [3.8, 4) is 5.75 Å². The summed E-state index contributed by atoms with van der Waals surface area (Å²) in [6.45, 7) is 3.94. The first kappa shape index (κ1) is 24.4. The third-order valence-electron chi connectivity index (χ3n) is 6.06. The largest absolute Gasteiger partial charge is 0.491 e. The van der Waals surface area contributed by atoms with Gasteiger partial charge in [0, 0.05) is 18.8 Å². The number of fused-ring (bicyclic) bond motifs is 1. The fourth-order valence-electron chi connectivity index (χ4n) is 4.06. The number of thiazole rings is 1. The SMILES string of the molecule is CCCCn1c(=NC(=O)c2cc(C(F)(F)F)ccc2OC[C@@H]2CCCN2C)sc2ccncc21. The van der Waals surface area contributed by atoms with E-state index in [0.717, 1.165) is 54.6 Å². The summed E-state index contributed by atoms with van der Waals surface area (Å²) < 4.78 is 48.9. The highest BCUT2D eigenvalue weighted by molar-refractivity contribution is 7.16. The van der Waals surface area contributed by atoms with E-state index in [2.05, 4.69) is 21.8 Å². The second kappa shape index (κ2) is 10.3. The predicted molar refractivity (Wildman–Crippen MR) is 125 cm³/mol. The van der Waals surface area contributed by atoms with Crippen molar-refractivity contribution in [2.45, 2.75) is 51.4 Å². The van der Waals surface area contributed by atoms with Gasteiger partial charge in [0.15, 0.2) is 4.80 Å². The molecule has 1 saturated heterocycles. The van der Waals surface area contributed by atoms with Crippen LogP contribution in [0.5, 0.6) is 5.75 Å². The number of amides is 1. The van der Waals surface area contributed by atoms with Crippen LogP contribution in [0.15, 0.2) is 41.7 Å². The molecule has 6 nitrogen and oxygen atoms in total. The molecule has 4 rings (SSSR count). The summed E-state index contributed by atoms with van der Waals surface area (Å²) in [4.78, 5) is 24.2. The Bertz CT molecular complexity index is 1230. The van der Waals surface area contributed by atoms with Crippen LogP contribution in [-0.2, 0) is 12.7 Å². The molecule has 2 aromatic heterocycles. The Morgan fingerprint density at radius 1 is 1.32 bits per heavy atom. The topological polar surface area (TPSA) is 59.7 Å². The highest BCUT2D eigenvalue weighted by Gasteiger charge is 2.32. The van der Waals surface area contributed by atoms with Crippen LogP contribution in [-0.4, -0.2) is 46.6 Å². The van der Waals surface area contributed by atoms with Gasteiger partial charge in [0.1, 0.15) is 12.4 Å². The molecule has 10 heteroatoms. The molecule has 0 bridgehead atoms. The zero-order valence-corrected chi connectivity index (χ0v) is 20.0. The molecule has 1 aromatic carbocycles. The van der Waals surface area contributed by atoms with Crippen molar-refractivity contribution in [2.24, 2.45) is 4.99 Å². The standard InChI is InChI=1S/C24H27F3N4O2S/c1-3-4-12-31-19-14-28-10-9-21(19)34-23(31)29-22(32)18-13-16(24(25,26)27)7-8-20(18)33-15-17-6-5-11-30(17)2/h7-10,13-14,17H,3-6,11-12,15H2,1-2H3/t17-/m0/s1. The fraction of sp³-hybridized carbons (Fsp3) is 0.458. The lowest BCUT2D eigenvalue weighted by molar-refractivity contribution is -0.137. The number of unbranched alkanes of at least 4 members (excludes halogenated alkanes) is 1. The van der Waals surface area contributed by atoms with E-state index in [0.29, 0.717) is 18.0 Å². The molecule has 0 unspecified atom stereocenters. The van der Waals surface area contributed by atoms with Gasteiger partial charge in [-0.3, -0.25) is 9.78 Å². The molecule has 1 amide bonds. The smallest absolute Gasteiger partial charge is 0.416 e. The summed E-state index contributed by atoms with van der Waals surface area (Å²) in [5.74, 6) is -0.643. The van der Waals surface area contributed by atoms with Gasteiger partial charge in [0.2, 0.25) is 0 Å². The number of nitrogens with zero attached hydrogens (tertiary/aromatic N) is 4. The molecular weight excluding hydrogens is 465 g/mol. The average Bonchev–Trinajstić information content (AvgIpc) is 3.37. The van der Waals surface area contributed by atoms with Crippen molar-refractivity contribution >= 4 is 27.5 Å². The number of pyridine rings is 1. The van der Waals surface area contributed by atoms with E-state index in [1.54, 1.807) is 12.4 Å². The first-order valence-electron chi connectivity index (χ1n) is 11.3. The van der Waals surface area contributed by atoms with Crippen LogP contribution in [0.2, 0.25) is 0 Å². The van der Waals surface area contributed by atoms with Gasteiger partial charge in [-0.1, -0.05) is 24.7 Å². The highest BCUT2D eigenvalue weighted by atomic mass is 32.1. The van der Waals surface area contributed by atoms with E-state index in [1.807, 2.05) is 17.7 Å². The summed E-state index contributed by atoms with van der Waals surface area (Å²) in [5.41, 5.74) is -0.249. The Kier molecular flexibility index (Phi) is 7.37. The predicted octanol–water partition coefficient (Wildman–Crippen LogP) is 5.13. The van der Waals surface area contributed by atoms with Crippen molar-refractivity contribution < 1.29 is 22.7 Å². The highest BCUT2D eigenvalue weighted by Crippen LogP contribution is 2.33. The molecule has 34 heavy (non-hydrogen) atoms. The number of benzene rings is 1. The van der Waals surface area contributed by atoms with Crippen LogP contribution in [0.4, 0.5) is 13.2 Å². The number of carbonyl (C=O) groups is 1. The summed E-state index contributed by atoms with van der Waals surface area (Å²) >= 11 is 1.31. The van der Waals surface area contributed by atoms with Gasteiger partial charge in [-0.15, -0.1) is 0 Å².